The third-order valence-corrected chi connectivity index (χ3v) is 4.75. The average Bonchev–Trinajstić information content (AvgIpc) is 2.37. The summed E-state index contributed by atoms with van der Waals surface area (Å²) in [6.07, 6.45) is 2.14. The quantitative estimate of drug-likeness (QED) is 0.822. The molecule has 0 bridgehead atoms. The molecule has 2 unspecified atom stereocenters. The second-order valence-corrected chi connectivity index (χ2v) is 6.31. The molecule has 0 aliphatic rings. The van der Waals surface area contributed by atoms with Gasteiger partial charge in [0.05, 0.1) is 10.8 Å². The first-order chi connectivity index (χ1) is 8.58. The van der Waals surface area contributed by atoms with Gasteiger partial charge in [0.25, 0.3) is 0 Å². The normalized spacial score (nSPS) is 14.4. The summed E-state index contributed by atoms with van der Waals surface area (Å²) in [5.41, 5.74) is 2.47. The zero-order valence-corrected chi connectivity index (χ0v) is 12.8. The van der Waals surface area contributed by atoms with Crippen molar-refractivity contribution < 1.29 is 4.21 Å². The highest BCUT2D eigenvalue weighted by atomic mass is 32.2. The predicted octanol–water partition coefficient (Wildman–Crippen LogP) is 3.19. The van der Waals surface area contributed by atoms with Crippen molar-refractivity contribution in [2.45, 2.75) is 51.5 Å². The molecular weight excluding hydrogens is 242 g/mol. The number of benzene rings is 1. The van der Waals surface area contributed by atoms with Crippen LogP contribution in [-0.4, -0.2) is 22.5 Å². The zero-order valence-electron chi connectivity index (χ0n) is 12.0. The minimum absolute atomic E-state index is 0.354. The summed E-state index contributed by atoms with van der Waals surface area (Å²) in [7, 11) is -0.898. The molecule has 0 radical (unpaired) electrons. The Bertz CT molecular complexity index is 403. The van der Waals surface area contributed by atoms with E-state index >= 15 is 0 Å². The maximum absolute atomic E-state index is 12.3. The Labute approximate surface area is 114 Å². The van der Waals surface area contributed by atoms with Crippen molar-refractivity contribution in [2.24, 2.45) is 0 Å². The Balaban J connectivity index is 2.65. The Hall–Kier alpha value is -0.670. The second kappa shape index (κ2) is 7.70. The standard InChI is InChI=1S/C15H25NOS/c1-5-9-16-14(6-2)11-18(17)15-8-7-12(3)13(4)10-15/h7-8,10,14,16H,5-6,9,11H2,1-4H3. The molecule has 2 atom stereocenters. The van der Waals surface area contributed by atoms with Crippen molar-refractivity contribution in [1.82, 2.24) is 5.32 Å². The van der Waals surface area contributed by atoms with Gasteiger partial charge in [-0.05, 0) is 56.5 Å². The minimum Gasteiger partial charge on any atom is -0.313 e. The Morgan fingerprint density at radius 2 is 1.94 bits per heavy atom. The van der Waals surface area contributed by atoms with E-state index in [-0.39, 0.29) is 0 Å². The summed E-state index contributed by atoms with van der Waals surface area (Å²) in [6.45, 7) is 9.45. The van der Waals surface area contributed by atoms with E-state index < -0.39 is 10.8 Å². The second-order valence-electron chi connectivity index (χ2n) is 4.82. The van der Waals surface area contributed by atoms with Crippen LogP contribution in [-0.2, 0) is 10.8 Å². The number of aryl methyl sites for hydroxylation is 2. The lowest BCUT2D eigenvalue weighted by Crippen LogP contribution is -2.34. The first-order valence-corrected chi connectivity index (χ1v) is 8.09. The van der Waals surface area contributed by atoms with Gasteiger partial charge in [0.2, 0.25) is 0 Å². The number of rotatable bonds is 7. The molecule has 0 saturated carbocycles. The Morgan fingerprint density at radius 1 is 1.22 bits per heavy atom. The van der Waals surface area contributed by atoms with Crippen LogP contribution in [0.25, 0.3) is 0 Å². The maximum atomic E-state index is 12.3. The van der Waals surface area contributed by atoms with Crippen molar-refractivity contribution in [2.75, 3.05) is 12.3 Å². The highest BCUT2D eigenvalue weighted by Crippen LogP contribution is 2.14. The van der Waals surface area contributed by atoms with Crippen LogP contribution >= 0.6 is 0 Å². The molecule has 0 fully saturated rings. The van der Waals surface area contributed by atoms with E-state index in [0.717, 1.165) is 24.3 Å². The van der Waals surface area contributed by atoms with E-state index in [1.54, 1.807) is 0 Å². The first kappa shape index (κ1) is 15.4. The van der Waals surface area contributed by atoms with Crippen molar-refractivity contribution in [3.05, 3.63) is 29.3 Å². The molecule has 0 aliphatic carbocycles. The van der Waals surface area contributed by atoms with Gasteiger partial charge in [-0.15, -0.1) is 0 Å². The Morgan fingerprint density at radius 3 is 2.50 bits per heavy atom. The van der Waals surface area contributed by atoms with E-state index in [4.69, 9.17) is 0 Å². The van der Waals surface area contributed by atoms with E-state index in [0.29, 0.717) is 11.8 Å². The smallest absolute Gasteiger partial charge is 0.0545 e. The van der Waals surface area contributed by atoms with Gasteiger partial charge in [0.1, 0.15) is 0 Å². The molecule has 102 valence electrons. The van der Waals surface area contributed by atoms with E-state index in [1.165, 1.54) is 11.1 Å². The fraction of sp³-hybridized carbons (Fsp3) is 0.600. The molecule has 0 amide bonds. The van der Waals surface area contributed by atoms with Crippen molar-refractivity contribution in [3.8, 4) is 0 Å². The van der Waals surface area contributed by atoms with Crippen molar-refractivity contribution in [3.63, 3.8) is 0 Å². The molecule has 1 aromatic rings. The van der Waals surface area contributed by atoms with Gasteiger partial charge in [-0.25, -0.2) is 0 Å². The number of nitrogens with one attached hydrogen (secondary N) is 1. The van der Waals surface area contributed by atoms with Crippen LogP contribution in [0.2, 0.25) is 0 Å². The molecule has 0 aliphatic heterocycles. The van der Waals surface area contributed by atoms with Gasteiger partial charge in [-0.3, -0.25) is 4.21 Å². The highest BCUT2D eigenvalue weighted by Gasteiger charge is 2.12. The molecule has 0 heterocycles. The third kappa shape index (κ3) is 4.54. The fourth-order valence-corrected chi connectivity index (χ4v) is 3.24. The number of hydrogen-bond donors (Lipinski definition) is 1. The van der Waals surface area contributed by atoms with Gasteiger partial charge in [-0.1, -0.05) is 19.9 Å². The largest absolute Gasteiger partial charge is 0.313 e. The lowest BCUT2D eigenvalue weighted by atomic mass is 10.1. The molecule has 1 N–H and O–H groups in total. The molecule has 18 heavy (non-hydrogen) atoms. The van der Waals surface area contributed by atoms with Gasteiger partial charge < -0.3 is 5.32 Å². The molecule has 3 heteroatoms. The molecule has 0 saturated heterocycles. The zero-order chi connectivity index (χ0) is 13.5. The van der Waals surface area contributed by atoms with Gasteiger partial charge in [-0.2, -0.15) is 0 Å². The Kier molecular flexibility index (Phi) is 6.58. The summed E-state index contributed by atoms with van der Waals surface area (Å²) in [4.78, 5) is 0.954. The third-order valence-electron chi connectivity index (χ3n) is 3.27. The van der Waals surface area contributed by atoms with Crippen LogP contribution in [0.15, 0.2) is 23.1 Å². The van der Waals surface area contributed by atoms with E-state index in [1.807, 2.05) is 6.07 Å². The lowest BCUT2D eigenvalue weighted by Gasteiger charge is -2.16. The first-order valence-electron chi connectivity index (χ1n) is 6.77. The van der Waals surface area contributed by atoms with Gasteiger partial charge in [0.15, 0.2) is 0 Å². The van der Waals surface area contributed by atoms with Crippen LogP contribution in [0.1, 0.15) is 37.8 Å². The summed E-state index contributed by atoms with van der Waals surface area (Å²) in [5.74, 6) is 0.707. The van der Waals surface area contributed by atoms with Crippen LogP contribution < -0.4 is 5.32 Å². The predicted molar refractivity (Wildman–Crippen MR) is 79.6 cm³/mol. The van der Waals surface area contributed by atoms with E-state index in [9.17, 15) is 4.21 Å². The van der Waals surface area contributed by atoms with E-state index in [2.05, 4.69) is 45.1 Å². The molecule has 2 nitrogen and oxygen atoms in total. The highest BCUT2D eigenvalue weighted by molar-refractivity contribution is 7.85. The lowest BCUT2D eigenvalue weighted by molar-refractivity contribution is 0.534. The summed E-state index contributed by atoms with van der Waals surface area (Å²) in [5, 5.41) is 3.45. The number of hydrogen-bond acceptors (Lipinski definition) is 2. The van der Waals surface area contributed by atoms with Gasteiger partial charge >= 0.3 is 0 Å². The minimum atomic E-state index is -0.898. The molecule has 0 aromatic heterocycles. The topological polar surface area (TPSA) is 29.1 Å². The van der Waals surface area contributed by atoms with Crippen LogP contribution in [0.5, 0.6) is 0 Å². The van der Waals surface area contributed by atoms with Crippen molar-refractivity contribution >= 4 is 10.8 Å². The van der Waals surface area contributed by atoms with Crippen LogP contribution in [0, 0.1) is 13.8 Å². The molecular formula is C15H25NOS. The average molecular weight is 267 g/mol. The maximum Gasteiger partial charge on any atom is 0.0545 e. The monoisotopic (exact) mass is 267 g/mol. The van der Waals surface area contributed by atoms with Gasteiger partial charge in [0, 0.05) is 16.7 Å². The molecule has 1 aromatic carbocycles. The van der Waals surface area contributed by atoms with Crippen LogP contribution in [0.3, 0.4) is 0 Å². The summed E-state index contributed by atoms with van der Waals surface area (Å²) >= 11 is 0. The fourth-order valence-electron chi connectivity index (χ4n) is 1.80. The molecule has 1 rings (SSSR count). The SMILES string of the molecule is CCCNC(CC)CS(=O)c1ccc(C)c(C)c1. The molecule has 0 spiro atoms. The van der Waals surface area contributed by atoms with Crippen LogP contribution in [0.4, 0.5) is 0 Å². The summed E-state index contributed by atoms with van der Waals surface area (Å²) < 4.78 is 12.3. The van der Waals surface area contributed by atoms with Crippen molar-refractivity contribution in [1.29, 1.82) is 0 Å². The summed E-state index contributed by atoms with van der Waals surface area (Å²) in [6, 6.07) is 6.46.